The molecule has 21 heavy (non-hydrogen) atoms. The number of amides is 2. The Morgan fingerprint density at radius 1 is 1.14 bits per heavy atom. The molecule has 0 aliphatic heterocycles. The molecule has 0 fully saturated rings. The standard InChI is InChI=1S/C15H20N2O4/c1-10(2)8-12(15(21)16-9-13(18)19)17-14(20)11-6-4-3-5-7-11/h3-7,10,12H,8-9H2,1-2H3,(H,16,21)(H,17,20)(H,18,19)/t12-/m0/s1. The van der Waals surface area contributed by atoms with Crippen LogP contribution < -0.4 is 10.6 Å². The minimum absolute atomic E-state index is 0.182. The van der Waals surface area contributed by atoms with Crippen LogP contribution in [-0.4, -0.2) is 35.5 Å². The molecule has 0 unspecified atom stereocenters. The van der Waals surface area contributed by atoms with E-state index in [9.17, 15) is 14.4 Å². The van der Waals surface area contributed by atoms with Gasteiger partial charge in [-0.2, -0.15) is 0 Å². The van der Waals surface area contributed by atoms with Gasteiger partial charge in [0.1, 0.15) is 12.6 Å². The molecule has 1 aromatic carbocycles. The molecule has 0 radical (unpaired) electrons. The molecule has 1 rings (SSSR count). The van der Waals surface area contributed by atoms with Gasteiger partial charge in [0.05, 0.1) is 0 Å². The van der Waals surface area contributed by atoms with E-state index >= 15 is 0 Å². The van der Waals surface area contributed by atoms with Crippen LogP contribution in [0.15, 0.2) is 30.3 Å². The second kappa shape index (κ2) is 8.04. The first-order chi connectivity index (χ1) is 9.90. The van der Waals surface area contributed by atoms with Crippen molar-refractivity contribution in [3.05, 3.63) is 35.9 Å². The highest BCUT2D eigenvalue weighted by atomic mass is 16.4. The van der Waals surface area contributed by atoms with Gasteiger partial charge in [-0.1, -0.05) is 32.0 Å². The van der Waals surface area contributed by atoms with Gasteiger partial charge < -0.3 is 15.7 Å². The third kappa shape index (κ3) is 6.07. The average Bonchev–Trinajstić information content (AvgIpc) is 2.44. The Labute approximate surface area is 123 Å². The van der Waals surface area contributed by atoms with Crippen molar-refractivity contribution in [1.29, 1.82) is 0 Å². The maximum atomic E-state index is 12.1. The van der Waals surface area contributed by atoms with Crippen molar-refractivity contribution in [1.82, 2.24) is 10.6 Å². The van der Waals surface area contributed by atoms with E-state index in [0.717, 1.165) is 0 Å². The number of hydrogen-bond donors (Lipinski definition) is 3. The lowest BCUT2D eigenvalue weighted by molar-refractivity contribution is -0.138. The zero-order valence-corrected chi connectivity index (χ0v) is 12.1. The smallest absolute Gasteiger partial charge is 0.322 e. The molecule has 0 bridgehead atoms. The van der Waals surface area contributed by atoms with Crippen LogP contribution in [0.4, 0.5) is 0 Å². The molecule has 0 heterocycles. The quantitative estimate of drug-likeness (QED) is 0.699. The number of carboxylic acid groups (broad SMARTS) is 1. The van der Waals surface area contributed by atoms with Crippen molar-refractivity contribution in [2.75, 3.05) is 6.54 Å². The monoisotopic (exact) mass is 292 g/mol. The van der Waals surface area contributed by atoms with Gasteiger partial charge in [0.15, 0.2) is 0 Å². The SMILES string of the molecule is CC(C)C[C@H](NC(=O)c1ccccc1)C(=O)NCC(=O)O. The molecule has 3 N–H and O–H groups in total. The zero-order chi connectivity index (χ0) is 15.8. The number of carbonyl (C=O) groups excluding carboxylic acids is 2. The second-order valence-electron chi connectivity index (χ2n) is 5.13. The van der Waals surface area contributed by atoms with E-state index in [1.807, 2.05) is 13.8 Å². The molecule has 1 atom stereocenters. The molecule has 6 nitrogen and oxygen atoms in total. The van der Waals surface area contributed by atoms with Gasteiger partial charge >= 0.3 is 5.97 Å². The predicted molar refractivity (Wildman–Crippen MR) is 77.8 cm³/mol. The second-order valence-corrected chi connectivity index (χ2v) is 5.13. The lowest BCUT2D eigenvalue weighted by Crippen LogP contribution is -2.48. The van der Waals surface area contributed by atoms with Gasteiger partial charge in [0, 0.05) is 5.56 Å². The van der Waals surface area contributed by atoms with Gasteiger partial charge in [-0.3, -0.25) is 14.4 Å². The molecule has 0 aliphatic rings. The average molecular weight is 292 g/mol. The Bertz CT molecular complexity index is 500. The molecule has 114 valence electrons. The summed E-state index contributed by atoms with van der Waals surface area (Å²) in [4.78, 5) is 34.5. The van der Waals surface area contributed by atoms with Crippen molar-refractivity contribution in [2.45, 2.75) is 26.3 Å². The fourth-order valence-corrected chi connectivity index (χ4v) is 1.82. The first-order valence-electron chi connectivity index (χ1n) is 6.75. The molecule has 0 saturated heterocycles. The molecule has 1 aromatic rings. The third-order valence-electron chi connectivity index (χ3n) is 2.78. The normalized spacial score (nSPS) is 11.8. The summed E-state index contributed by atoms with van der Waals surface area (Å²) >= 11 is 0. The zero-order valence-electron chi connectivity index (χ0n) is 12.1. The van der Waals surface area contributed by atoms with Crippen LogP contribution >= 0.6 is 0 Å². The number of nitrogens with one attached hydrogen (secondary N) is 2. The van der Waals surface area contributed by atoms with E-state index in [4.69, 9.17) is 5.11 Å². The highest BCUT2D eigenvalue weighted by Crippen LogP contribution is 2.07. The van der Waals surface area contributed by atoms with Crippen molar-refractivity contribution < 1.29 is 19.5 Å². The summed E-state index contributed by atoms with van der Waals surface area (Å²) in [5.41, 5.74) is 0.456. The number of aliphatic carboxylic acids is 1. The lowest BCUT2D eigenvalue weighted by atomic mass is 10.0. The van der Waals surface area contributed by atoms with Gasteiger partial charge in [-0.15, -0.1) is 0 Å². The van der Waals surface area contributed by atoms with Crippen molar-refractivity contribution in [3.8, 4) is 0 Å². The molecule has 0 saturated carbocycles. The summed E-state index contributed by atoms with van der Waals surface area (Å²) in [5, 5.41) is 13.5. The summed E-state index contributed by atoms with van der Waals surface area (Å²) in [6.07, 6.45) is 0.435. The van der Waals surface area contributed by atoms with Crippen molar-refractivity contribution in [3.63, 3.8) is 0 Å². The van der Waals surface area contributed by atoms with E-state index in [1.54, 1.807) is 30.3 Å². The fourth-order valence-electron chi connectivity index (χ4n) is 1.82. The Hall–Kier alpha value is -2.37. The molecular weight excluding hydrogens is 272 g/mol. The highest BCUT2D eigenvalue weighted by Gasteiger charge is 2.22. The minimum Gasteiger partial charge on any atom is -0.480 e. The maximum Gasteiger partial charge on any atom is 0.322 e. The molecule has 2 amide bonds. The highest BCUT2D eigenvalue weighted by molar-refractivity contribution is 5.97. The van der Waals surface area contributed by atoms with E-state index < -0.39 is 24.5 Å². The Morgan fingerprint density at radius 3 is 2.29 bits per heavy atom. The van der Waals surface area contributed by atoms with Crippen LogP contribution in [0.1, 0.15) is 30.6 Å². The summed E-state index contributed by atoms with van der Waals surface area (Å²) in [6, 6.07) is 7.81. The van der Waals surface area contributed by atoms with Gasteiger partial charge in [0.2, 0.25) is 5.91 Å². The van der Waals surface area contributed by atoms with E-state index in [1.165, 1.54) is 0 Å². The third-order valence-corrected chi connectivity index (χ3v) is 2.78. The number of carboxylic acids is 1. The number of carbonyl (C=O) groups is 3. The predicted octanol–water partition coefficient (Wildman–Crippen LogP) is 1.03. The van der Waals surface area contributed by atoms with Gasteiger partial charge in [-0.05, 0) is 24.5 Å². The summed E-state index contributed by atoms with van der Waals surface area (Å²) in [7, 11) is 0. The van der Waals surface area contributed by atoms with E-state index in [-0.39, 0.29) is 11.8 Å². The summed E-state index contributed by atoms with van der Waals surface area (Å²) in [6.45, 7) is 3.38. The molecule has 0 aliphatic carbocycles. The van der Waals surface area contributed by atoms with Crippen molar-refractivity contribution >= 4 is 17.8 Å². The van der Waals surface area contributed by atoms with Crippen LogP contribution in [0.3, 0.4) is 0 Å². The first-order valence-corrected chi connectivity index (χ1v) is 6.75. The van der Waals surface area contributed by atoms with Crippen LogP contribution in [0.2, 0.25) is 0 Å². The van der Waals surface area contributed by atoms with Crippen LogP contribution in [0, 0.1) is 5.92 Å². The first kappa shape index (κ1) is 16.7. The number of benzene rings is 1. The van der Waals surface area contributed by atoms with E-state index in [2.05, 4.69) is 10.6 Å². The Morgan fingerprint density at radius 2 is 1.76 bits per heavy atom. The fraction of sp³-hybridized carbons (Fsp3) is 0.400. The lowest BCUT2D eigenvalue weighted by Gasteiger charge is -2.19. The van der Waals surface area contributed by atoms with Gasteiger partial charge in [0.25, 0.3) is 5.91 Å². The van der Waals surface area contributed by atoms with Crippen LogP contribution in [-0.2, 0) is 9.59 Å². The largest absolute Gasteiger partial charge is 0.480 e. The Kier molecular flexibility index (Phi) is 6.39. The van der Waals surface area contributed by atoms with Gasteiger partial charge in [-0.25, -0.2) is 0 Å². The van der Waals surface area contributed by atoms with Crippen LogP contribution in [0.25, 0.3) is 0 Å². The Balaban J connectivity index is 2.71. The number of hydrogen-bond acceptors (Lipinski definition) is 3. The van der Waals surface area contributed by atoms with Crippen molar-refractivity contribution in [2.24, 2.45) is 5.92 Å². The molecule has 6 heteroatoms. The van der Waals surface area contributed by atoms with Crippen LogP contribution in [0.5, 0.6) is 0 Å². The number of rotatable bonds is 7. The molecule has 0 aromatic heterocycles. The molecular formula is C15H20N2O4. The molecule has 0 spiro atoms. The minimum atomic E-state index is -1.12. The summed E-state index contributed by atoms with van der Waals surface area (Å²) < 4.78 is 0. The summed E-state index contributed by atoms with van der Waals surface area (Å²) in [5.74, 6) is -1.79. The topological polar surface area (TPSA) is 95.5 Å². The maximum absolute atomic E-state index is 12.1. The van der Waals surface area contributed by atoms with E-state index in [0.29, 0.717) is 12.0 Å².